The van der Waals surface area contributed by atoms with Crippen LogP contribution in [0.4, 0.5) is 0 Å². The molecule has 0 spiro atoms. The Bertz CT molecular complexity index is 936. The molecule has 1 fully saturated rings. The van der Waals surface area contributed by atoms with Crippen LogP contribution in [0.15, 0.2) is 34.5 Å². The van der Waals surface area contributed by atoms with Crippen molar-refractivity contribution in [2.45, 2.75) is 39.5 Å². The van der Waals surface area contributed by atoms with Crippen molar-refractivity contribution in [1.82, 2.24) is 9.88 Å². The van der Waals surface area contributed by atoms with Gasteiger partial charge in [-0.25, -0.2) is 4.98 Å². The lowest BCUT2D eigenvalue weighted by atomic mass is 10.1. The molecule has 0 amide bonds. The number of hydrogen-bond acceptors (Lipinski definition) is 5. The van der Waals surface area contributed by atoms with Crippen molar-refractivity contribution in [2.75, 3.05) is 19.6 Å². The van der Waals surface area contributed by atoms with E-state index in [1.807, 2.05) is 13.8 Å². The fourth-order valence-corrected chi connectivity index (χ4v) is 4.30. The molecule has 0 saturated carbocycles. The second-order valence-corrected chi connectivity index (χ2v) is 8.17. The first-order chi connectivity index (χ1) is 14.0. The van der Waals surface area contributed by atoms with Crippen LogP contribution >= 0.6 is 11.3 Å². The summed E-state index contributed by atoms with van der Waals surface area (Å²) >= 11 is 1.58. The molecule has 29 heavy (non-hydrogen) atoms. The van der Waals surface area contributed by atoms with Gasteiger partial charge in [0.2, 0.25) is 5.96 Å². The number of aromatic nitrogens is 1. The van der Waals surface area contributed by atoms with Gasteiger partial charge in [-0.3, -0.25) is 0 Å². The molecule has 6 nitrogen and oxygen atoms in total. The van der Waals surface area contributed by atoms with E-state index in [1.54, 1.807) is 11.3 Å². The van der Waals surface area contributed by atoms with Gasteiger partial charge >= 0.3 is 0 Å². The van der Waals surface area contributed by atoms with Crippen molar-refractivity contribution in [2.24, 2.45) is 21.7 Å². The summed E-state index contributed by atoms with van der Waals surface area (Å²) in [4.78, 5) is 8.17. The number of nitrogens with two attached hydrogens (primary N) is 2. The standard InChI is InChI=1S/C22H28N6S/c1-16-20(17(2)26-27-22(23)24)29-21(25-16)19-11-9-18(10-12-19)8-4-7-15-28-13-5-3-6-14-28/h9-12H,3,5-7,13-15H2,1-2H3,(H4,23,24,27)/b26-17+. The second kappa shape index (κ2) is 10.2. The normalized spacial score (nSPS) is 14.9. The van der Waals surface area contributed by atoms with Gasteiger partial charge in [0, 0.05) is 24.1 Å². The Balaban J connectivity index is 1.63. The number of guanidine groups is 1. The molecule has 152 valence electrons. The number of hydrogen-bond donors (Lipinski definition) is 2. The minimum atomic E-state index is -0.0561. The number of benzene rings is 1. The van der Waals surface area contributed by atoms with Gasteiger partial charge in [-0.1, -0.05) is 30.4 Å². The van der Waals surface area contributed by atoms with E-state index in [2.05, 4.69) is 56.2 Å². The molecule has 7 heteroatoms. The quantitative estimate of drug-likeness (QED) is 0.343. The van der Waals surface area contributed by atoms with Gasteiger partial charge in [0.25, 0.3) is 0 Å². The summed E-state index contributed by atoms with van der Waals surface area (Å²) < 4.78 is 0. The van der Waals surface area contributed by atoms with E-state index >= 15 is 0 Å². The van der Waals surface area contributed by atoms with Crippen molar-refractivity contribution < 1.29 is 0 Å². The van der Waals surface area contributed by atoms with E-state index in [0.29, 0.717) is 0 Å². The van der Waals surface area contributed by atoms with Crippen LogP contribution in [0.25, 0.3) is 10.6 Å². The molecule has 0 radical (unpaired) electrons. The van der Waals surface area contributed by atoms with Crippen molar-refractivity contribution in [3.05, 3.63) is 40.4 Å². The SMILES string of the molecule is C/C(=N\N=C(N)N)c1sc(-c2ccc(C#CCCN3CCCCC3)cc2)nc1C. The highest BCUT2D eigenvalue weighted by Crippen LogP contribution is 2.28. The third-order valence-electron chi connectivity index (χ3n) is 4.81. The van der Waals surface area contributed by atoms with Gasteiger partial charge in [-0.2, -0.15) is 5.10 Å². The number of likely N-dealkylation sites (tertiary alicyclic amines) is 1. The van der Waals surface area contributed by atoms with E-state index in [9.17, 15) is 0 Å². The Labute approximate surface area is 176 Å². The summed E-state index contributed by atoms with van der Waals surface area (Å²) in [6, 6.07) is 8.25. The molecule has 0 atom stereocenters. The minimum Gasteiger partial charge on any atom is -0.369 e. The molecule has 1 saturated heterocycles. The number of thiazole rings is 1. The van der Waals surface area contributed by atoms with Crippen LogP contribution in [0.1, 0.15) is 48.7 Å². The molecule has 1 aliphatic heterocycles. The maximum absolute atomic E-state index is 5.34. The fourth-order valence-electron chi connectivity index (χ4n) is 3.29. The Hall–Kier alpha value is -2.69. The van der Waals surface area contributed by atoms with Gasteiger partial charge in [0.15, 0.2) is 0 Å². The minimum absolute atomic E-state index is 0.0561. The average Bonchev–Trinajstić information content (AvgIpc) is 3.12. The third-order valence-corrected chi connectivity index (χ3v) is 6.12. The van der Waals surface area contributed by atoms with Crippen LogP contribution in [-0.4, -0.2) is 41.2 Å². The van der Waals surface area contributed by atoms with Crippen LogP contribution in [0.2, 0.25) is 0 Å². The van der Waals surface area contributed by atoms with Crippen molar-refractivity contribution >= 4 is 23.0 Å². The Morgan fingerprint density at radius 2 is 1.86 bits per heavy atom. The van der Waals surface area contributed by atoms with Crippen LogP contribution in [0.5, 0.6) is 0 Å². The predicted octanol–water partition coefficient (Wildman–Crippen LogP) is 3.34. The topological polar surface area (TPSA) is 92.9 Å². The first-order valence-electron chi connectivity index (χ1n) is 9.95. The smallest absolute Gasteiger partial charge is 0.211 e. The van der Waals surface area contributed by atoms with Crippen LogP contribution < -0.4 is 11.5 Å². The van der Waals surface area contributed by atoms with E-state index in [1.165, 1.54) is 32.4 Å². The summed E-state index contributed by atoms with van der Waals surface area (Å²) in [5.41, 5.74) is 14.5. The number of piperidine rings is 1. The van der Waals surface area contributed by atoms with Crippen LogP contribution in [0.3, 0.4) is 0 Å². The van der Waals surface area contributed by atoms with Gasteiger partial charge < -0.3 is 16.4 Å². The van der Waals surface area contributed by atoms with E-state index in [4.69, 9.17) is 11.5 Å². The zero-order valence-corrected chi connectivity index (χ0v) is 17.9. The molecule has 2 heterocycles. The molecule has 2 aromatic rings. The van der Waals surface area contributed by atoms with Crippen molar-refractivity contribution in [3.63, 3.8) is 0 Å². The van der Waals surface area contributed by atoms with Crippen LogP contribution in [-0.2, 0) is 0 Å². The lowest BCUT2D eigenvalue weighted by Gasteiger charge is -2.25. The monoisotopic (exact) mass is 408 g/mol. The molecule has 3 rings (SSSR count). The third kappa shape index (κ3) is 6.14. The number of rotatable bonds is 5. The summed E-state index contributed by atoms with van der Waals surface area (Å²) in [7, 11) is 0. The second-order valence-electron chi connectivity index (χ2n) is 7.18. The Morgan fingerprint density at radius 3 is 2.55 bits per heavy atom. The molecule has 1 aromatic heterocycles. The molecule has 0 bridgehead atoms. The number of nitrogens with zero attached hydrogens (tertiary/aromatic N) is 4. The highest BCUT2D eigenvalue weighted by atomic mass is 32.1. The first-order valence-corrected chi connectivity index (χ1v) is 10.8. The number of aryl methyl sites for hydroxylation is 1. The molecule has 0 aliphatic carbocycles. The summed E-state index contributed by atoms with van der Waals surface area (Å²) in [6.07, 6.45) is 4.95. The molecule has 0 unspecified atom stereocenters. The Morgan fingerprint density at radius 1 is 1.14 bits per heavy atom. The lowest BCUT2D eigenvalue weighted by Crippen LogP contribution is -2.30. The average molecular weight is 409 g/mol. The highest BCUT2D eigenvalue weighted by molar-refractivity contribution is 7.17. The molecule has 1 aromatic carbocycles. The largest absolute Gasteiger partial charge is 0.369 e. The highest BCUT2D eigenvalue weighted by Gasteiger charge is 2.12. The molecule has 1 aliphatic rings. The first kappa shape index (κ1) is 21.0. The van der Waals surface area contributed by atoms with E-state index in [0.717, 1.165) is 45.4 Å². The lowest BCUT2D eigenvalue weighted by molar-refractivity contribution is 0.234. The van der Waals surface area contributed by atoms with Gasteiger partial charge in [-0.15, -0.1) is 16.4 Å². The zero-order chi connectivity index (χ0) is 20.6. The van der Waals surface area contributed by atoms with E-state index < -0.39 is 0 Å². The predicted molar refractivity (Wildman–Crippen MR) is 122 cm³/mol. The summed E-state index contributed by atoms with van der Waals surface area (Å²) in [6.45, 7) is 7.36. The van der Waals surface area contributed by atoms with Gasteiger partial charge in [-0.05, 0) is 51.9 Å². The summed E-state index contributed by atoms with van der Waals surface area (Å²) in [5.74, 6) is 6.52. The summed E-state index contributed by atoms with van der Waals surface area (Å²) in [5, 5.41) is 8.72. The van der Waals surface area contributed by atoms with Gasteiger partial charge in [0.05, 0.1) is 16.3 Å². The Kier molecular flexibility index (Phi) is 7.39. The molecule has 4 N–H and O–H groups in total. The van der Waals surface area contributed by atoms with Crippen LogP contribution in [0, 0.1) is 18.8 Å². The fraction of sp³-hybridized carbons (Fsp3) is 0.409. The maximum atomic E-state index is 5.34. The van der Waals surface area contributed by atoms with Gasteiger partial charge in [0.1, 0.15) is 5.01 Å². The van der Waals surface area contributed by atoms with Crippen molar-refractivity contribution in [1.29, 1.82) is 0 Å². The van der Waals surface area contributed by atoms with E-state index in [-0.39, 0.29) is 5.96 Å². The molecular weight excluding hydrogens is 380 g/mol. The maximum Gasteiger partial charge on any atom is 0.211 e. The van der Waals surface area contributed by atoms with Crippen molar-refractivity contribution in [3.8, 4) is 22.4 Å². The zero-order valence-electron chi connectivity index (χ0n) is 17.1. The molecular formula is C22H28N6S.